The molecule has 2 aliphatic rings. The molecule has 0 bridgehead atoms. The lowest BCUT2D eigenvalue weighted by Crippen LogP contribution is -2.49. The first kappa shape index (κ1) is 16.6. The summed E-state index contributed by atoms with van der Waals surface area (Å²) in [5, 5.41) is 11.1. The van der Waals surface area contributed by atoms with Gasteiger partial charge < -0.3 is 10.2 Å². The molecule has 0 spiro atoms. The molecule has 2 N–H and O–H groups in total. The van der Waals surface area contributed by atoms with E-state index in [1.165, 1.54) is 0 Å². The standard InChI is InChI=1S/C18H22ClN5O/c19-14-3-1-13(2-4-14)17-16(11-21-22-17)18(25)24-8-5-15(12-24)23-9-6-20-7-10-23/h1-4,11,15,20H,5-10,12H2,(H,21,22). The summed E-state index contributed by atoms with van der Waals surface area (Å²) in [6.07, 6.45) is 2.67. The summed E-state index contributed by atoms with van der Waals surface area (Å²) in [7, 11) is 0. The third-order valence-electron chi connectivity index (χ3n) is 5.12. The van der Waals surface area contributed by atoms with Crippen molar-refractivity contribution in [2.24, 2.45) is 0 Å². The number of rotatable bonds is 3. The van der Waals surface area contributed by atoms with E-state index < -0.39 is 0 Å². The lowest BCUT2D eigenvalue weighted by Gasteiger charge is -2.32. The molecular weight excluding hydrogens is 338 g/mol. The van der Waals surface area contributed by atoms with E-state index in [0.717, 1.165) is 56.9 Å². The summed E-state index contributed by atoms with van der Waals surface area (Å²) >= 11 is 5.96. The molecule has 0 saturated carbocycles. The fourth-order valence-corrected chi connectivity index (χ4v) is 3.85. The second-order valence-corrected chi connectivity index (χ2v) is 7.08. The largest absolute Gasteiger partial charge is 0.337 e. The average Bonchev–Trinajstić information content (AvgIpc) is 3.32. The topological polar surface area (TPSA) is 64.3 Å². The molecular formula is C18H22ClN5O. The van der Waals surface area contributed by atoms with Crippen molar-refractivity contribution in [3.63, 3.8) is 0 Å². The second-order valence-electron chi connectivity index (χ2n) is 6.65. The van der Waals surface area contributed by atoms with Gasteiger partial charge in [-0.2, -0.15) is 5.10 Å². The van der Waals surface area contributed by atoms with Crippen molar-refractivity contribution in [2.45, 2.75) is 12.5 Å². The molecule has 6 nitrogen and oxygen atoms in total. The number of carbonyl (C=O) groups is 1. The summed E-state index contributed by atoms with van der Waals surface area (Å²) in [4.78, 5) is 17.5. The minimum atomic E-state index is 0.0522. The number of aromatic nitrogens is 2. The van der Waals surface area contributed by atoms with Gasteiger partial charge >= 0.3 is 0 Å². The molecule has 7 heteroatoms. The molecule has 1 atom stereocenters. The normalized spacial score (nSPS) is 21.6. The van der Waals surface area contributed by atoms with Gasteiger partial charge in [0.15, 0.2) is 0 Å². The molecule has 25 heavy (non-hydrogen) atoms. The Balaban J connectivity index is 1.49. The first-order valence-corrected chi connectivity index (χ1v) is 9.13. The maximum Gasteiger partial charge on any atom is 0.257 e. The Hall–Kier alpha value is -1.89. The predicted molar refractivity (Wildman–Crippen MR) is 97.8 cm³/mol. The van der Waals surface area contributed by atoms with Gasteiger partial charge in [0.05, 0.1) is 17.5 Å². The van der Waals surface area contributed by atoms with Gasteiger partial charge in [-0.25, -0.2) is 0 Å². The van der Waals surface area contributed by atoms with Gasteiger partial charge in [-0.15, -0.1) is 0 Å². The van der Waals surface area contributed by atoms with Crippen molar-refractivity contribution >= 4 is 17.5 Å². The van der Waals surface area contributed by atoms with E-state index in [1.54, 1.807) is 6.20 Å². The quantitative estimate of drug-likeness (QED) is 0.878. The first-order valence-electron chi connectivity index (χ1n) is 8.76. The number of carbonyl (C=O) groups excluding carboxylic acids is 1. The molecule has 132 valence electrons. The number of hydrogen-bond acceptors (Lipinski definition) is 4. The zero-order valence-corrected chi connectivity index (χ0v) is 14.8. The molecule has 2 fully saturated rings. The van der Waals surface area contributed by atoms with E-state index in [2.05, 4.69) is 20.4 Å². The molecule has 2 aromatic rings. The van der Waals surface area contributed by atoms with E-state index in [0.29, 0.717) is 16.6 Å². The third-order valence-corrected chi connectivity index (χ3v) is 5.37. The Morgan fingerprint density at radius 3 is 2.68 bits per heavy atom. The molecule has 1 aromatic carbocycles. The number of likely N-dealkylation sites (tertiary alicyclic amines) is 1. The Morgan fingerprint density at radius 1 is 1.16 bits per heavy atom. The van der Waals surface area contributed by atoms with Gasteiger partial charge in [0, 0.05) is 55.9 Å². The Bertz CT molecular complexity index is 738. The number of halogens is 1. The van der Waals surface area contributed by atoms with Crippen LogP contribution in [-0.2, 0) is 0 Å². The van der Waals surface area contributed by atoms with E-state index in [-0.39, 0.29) is 5.91 Å². The number of nitrogens with zero attached hydrogens (tertiary/aromatic N) is 3. The molecule has 2 aliphatic heterocycles. The van der Waals surface area contributed by atoms with Crippen LogP contribution < -0.4 is 5.32 Å². The number of aromatic amines is 1. The zero-order chi connectivity index (χ0) is 17.2. The Kier molecular flexibility index (Phi) is 4.74. The highest BCUT2D eigenvalue weighted by Crippen LogP contribution is 2.26. The van der Waals surface area contributed by atoms with Crippen LogP contribution in [0.4, 0.5) is 0 Å². The van der Waals surface area contributed by atoms with E-state index in [9.17, 15) is 4.79 Å². The van der Waals surface area contributed by atoms with Crippen LogP contribution >= 0.6 is 11.6 Å². The van der Waals surface area contributed by atoms with Crippen LogP contribution in [0.15, 0.2) is 30.5 Å². The van der Waals surface area contributed by atoms with Crippen molar-refractivity contribution in [2.75, 3.05) is 39.3 Å². The van der Waals surface area contributed by atoms with Crippen LogP contribution in [0.3, 0.4) is 0 Å². The predicted octanol–water partition coefficient (Wildman–Crippen LogP) is 1.85. The van der Waals surface area contributed by atoms with Crippen molar-refractivity contribution in [1.29, 1.82) is 0 Å². The summed E-state index contributed by atoms with van der Waals surface area (Å²) in [6, 6.07) is 7.92. The number of amides is 1. The number of hydrogen-bond donors (Lipinski definition) is 2. The van der Waals surface area contributed by atoms with E-state index in [4.69, 9.17) is 11.6 Å². The highest BCUT2D eigenvalue weighted by molar-refractivity contribution is 6.30. The average molecular weight is 360 g/mol. The molecule has 1 amide bonds. The van der Waals surface area contributed by atoms with Crippen molar-refractivity contribution < 1.29 is 4.79 Å². The molecule has 0 radical (unpaired) electrons. The highest BCUT2D eigenvalue weighted by atomic mass is 35.5. The SMILES string of the molecule is O=C(c1cn[nH]c1-c1ccc(Cl)cc1)N1CCC(N2CCNCC2)C1. The molecule has 1 aromatic heterocycles. The van der Waals surface area contributed by atoms with Gasteiger partial charge in [-0.05, 0) is 18.6 Å². The van der Waals surface area contributed by atoms with Crippen LogP contribution in [0, 0.1) is 0 Å². The Morgan fingerprint density at radius 2 is 1.92 bits per heavy atom. The lowest BCUT2D eigenvalue weighted by molar-refractivity contribution is 0.0774. The summed E-state index contributed by atoms with van der Waals surface area (Å²) < 4.78 is 0. The van der Waals surface area contributed by atoms with Crippen LogP contribution in [0.5, 0.6) is 0 Å². The molecule has 2 saturated heterocycles. The molecule has 4 rings (SSSR count). The molecule has 1 unspecified atom stereocenters. The fraction of sp³-hybridized carbons (Fsp3) is 0.444. The van der Waals surface area contributed by atoms with Crippen LogP contribution in [-0.4, -0.2) is 71.2 Å². The smallest absolute Gasteiger partial charge is 0.257 e. The second kappa shape index (κ2) is 7.15. The van der Waals surface area contributed by atoms with E-state index in [1.807, 2.05) is 29.2 Å². The third kappa shape index (κ3) is 3.42. The highest BCUT2D eigenvalue weighted by Gasteiger charge is 2.32. The fourth-order valence-electron chi connectivity index (χ4n) is 3.73. The minimum absolute atomic E-state index is 0.0522. The number of nitrogens with one attached hydrogen (secondary N) is 2. The van der Waals surface area contributed by atoms with Gasteiger partial charge in [-0.3, -0.25) is 14.8 Å². The Labute approximate surface area is 152 Å². The summed E-state index contributed by atoms with van der Waals surface area (Å²) in [5.74, 6) is 0.0522. The maximum atomic E-state index is 13.0. The summed E-state index contributed by atoms with van der Waals surface area (Å²) in [5.41, 5.74) is 2.30. The van der Waals surface area contributed by atoms with Gasteiger partial charge in [0.2, 0.25) is 0 Å². The molecule has 3 heterocycles. The van der Waals surface area contributed by atoms with Crippen LogP contribution in [0.1, 0.15) is 16.8 Å². The van der Waals surface area contributed by atoms with Crippen molar-refractivity contribution in [1.82, 2.24) is 25.3 Å². The van der Waals surface area contributed by atoms with Gasteiger partial charge in [-0.1, -0.05) is 23.7 Å². The van der Waals surface area contributed by atoms with Crippen LogP contribution in [0.2, 0.25) is 5.02 Å². The first-order chi connectivity index (χ1) is 12.2. The zero-order valence-electron chi connectivity index (χ0n) is 14.0. The van der Waals surface area contributed by atoms with Gasteiger partial charge in [0.25, 0.3) is 5.91 Å². The minimum Gasteiger partial charge on any atom is -0.337 e. The summed E-state index contributed by atoms with van der Waals surface area (Å²) in [6.45, 7) is 5.80. The number of benzene rings is 1. The number of H-pyrrole nitrogens is 1. The van der Waals surface area contributed by atoms with Gasteiger partial charge in [0.1, 0.15) is 0 Å². The van der Waals surface area contributed by atoms with Crippen molar-refractivity contribution in [3.8, 4) is 11.3 Å². The maximum absolute atomic E-state index is 13.0. The van der Waals surface area contributed by atoms with E-state index >= 15 is 0 Å². The monoisotopic (exact) mass is 359 g/mol. The van der Waals surface area contributed by atoms with Crippen LogP contribution in [0.25, 0.3) is 11.3 Å². The molecule has 0 aliphatic carbocycles. The number of piperazine rings is 1. The van der Waals surface area contributed by atoms with Crippen molar-refractivity contribution in [3.05, 3.63) is 41.0 Å². The lowest BCUT2D eigenvalue weighted by atomic mass is 10.1.